The predicted molar refractivity (Wildman–Crippen MR) is 95.2 cm³/mol. The van der Waals surface area contributed by atoms with E-state index in [0.717, 1.165) is 12.8 Å². The minimum Gasteiger partial charge on any atom is -0.343 e. The van der Waals surface area contributed by atoms with Crippen molar-refractivity contribution < 1.29 is 14.4 Å². The number of benzene rings is 1. The Bertz CT molecular complexity index is 591. The van der Waals surface area contributed by atoms with Crippen LogP contribution in [-0.4, -0.2) is 66.9 Å². The number of carbonyl (C=O) groups excluding carboxylic acids is 3. The number of urea groups is 1. The van der Waals surface area contributed by atoms with E-state index in [4.69, 9.17) is 0 Å². The van der Waals surface area contributed by atoms with Gasteiger partial charge in [0.1, 0.15) is 0 Å². The molecule has 7 heteroatoms. The molecular formula is C18H26N4O3. The quantitative estimate of drug-likeness (QED) is 0.837. The summed E-state index contributed by atoms with van der Waals surface area (Å²) in [6, 6.07) is 8.74. The molecule has 0 radical (unpaired) electrons. The van der Waals surface area contributed by atoms with Crippen LogP contribution in [0.4, 0.5) is 4.79 Å². The van der Waals surface area contributed by atoms with E-state index in [1.54, 1.807) is 34.1 Å². The number of carbonyl (C=O) groups is 3. The number of amides is 4. The van der Waals surface area contributed by atoms with Crippen LogP contribution in [0.5, 0.6) is 0 Å². The number of nitrogens with one attached hydrogen (secondary N) is 2. The summed E-state index contributed by atoms with van der Waals surface area (Å²) < 4.78 is 0. The SMILES string of the molecule is CCCNC(=O)N1CCCN(C(=O)CNC(=O)c2ccccc2)CC1. The Morgan fingerprint density at radius 3 is 2.36 bits per heavy atom. The van der Waals surface area contributed by atoms with Gasteiger partial charge in [0, 0.05) is 38.3 Å². The van der Waals surface area contributed by atoms with Crippen molar-refractivity contribution in [1.29, 1.82) is 0 Å². The molecule has 2 rings (SSSR count). The summed E-state index contributed by atoms with van der Waals surface area (Å²) in [4.78, 5) is 39.8. The first kappa shape index (κ1) is 18.8. The molecule has 1 saturated heterocycles. The molecule has 136 valence electrons. The Hall–Kier alpha value is -2.57. The Balaban J connectivity index is 1.78. The monoisotopic (exact) mass is 346 g/mol. The molecule has 1 heterocycles. The van der Waals surface area contributed by atoms with Gasteiger partial charge in [-0.15, -0.1) is 0 Å². The molecule has 1 aromatic rings. The number of hydrogen-bond acceptors (Lipinski definition) is 3. The number of hydrogen-bond donors (Lipinski definition) is 2. The predicted octanol–water partition coefficient (Wildman–Crippen LogP) is 1.07. The zero-order valence-electron chi connectivity index (χ0n) is 14.7. The first-order chi connectivity index (χ1) is 12.1. The Labute approximate surface area is 148 Å². The molecule has 7 nitrogen and oxygen atoms in total. The summed E-state index contributed by atoms with van der Waals surface area (Å²) >= 11 is 0. The van der Waals surface area contributed by atoms with E-state index in [1.807, 2.05) is 13.0 Å². The van der Waals surface area contributed by atoms with Crippen molar-refractivity contribution >= 4 is 17.8 Å². The van der Waals surface area contributed by atoms with Gasteiger partial charge < -0.3 is 20.4 Å². The molecule has 1 fully saturated rings. The lowest BCUT2D eigenvalue weighted by atomic mass is 10.2. The smallest absolute Gasteiger partial charge is 0.317 e. The van der Waals surface area contributed by atoms with E-state index in [2.05, 4.69) is 10.6 Å². The maximum Gasteiger partial charge on any atom is 0.317 e. The summed E-state index contributed by atoms with van der Waals surface area (Å²) in [5.74, 6) is -0.385. The van der Waals surface area contributed by atoms with Gasteiger partial charge in [0.15, 0.2) is 0 Å². The zero-order chi connectivity index (χ0) is 18.1. The highest BCUT2D eigenvalue weighted by Gasteiger charge is 2.22. The van der Waals surface area contributed by atoms with Gasteiger partial charge in [0.05, 0.1) is 6.54 Å². The molecule has 1 aliphatic heterocycles. The molecule has 0 bridgehead atoms. The van der Waals surface area contributed by atoms with Gasteiger partial charge in [-0.3, -0.25) is 9.59 Å². The third-order valence-corrected chi connectivity index (χ3v) is 4.10. The van der Waals surface area contributed by atoms with E-state index in [0.29, 0.717) is 38.3 Å². The van der Waals surface area contributed by atoms with E-state index in [1.165, 1.54) is 0 Å². The highest BCUT2D eigenvalue weighted by molar-refractivity contribution is 5.96. The fourth-order valence-electron chi connectivity index (χ4n) is 2.67. The molecule has 1 aromatic carbocycles. The molecule has 2 N–H and O–H groups in total. The highest BCUT2D eigenvalue weighted by Crippen LogP contribution is 2.04. The topological polar surface area (TPSA) is 81.8 Å². The highest BCUT2D eigenvalue weighted by atomic mass is 16.2. The van der Waals surface area contributed by atoms with Crippen molar-refractivity contribution in [3.8, 4) is 0 Å². The third-order valence-electron chi connectivity index (χ3n) is 4.10. The van der Waals surface area contributed by atoms with Gasteiger partial charge in [-0.1, -0.05) is 25.1 Å². The lowest BCUT2D eigenvalue weighted by Crippen LogP contribution is -2.44. The maximum atomic E-state index is 12.3. The fraction of sp³-hybridized carbons (Fsp3) is 0.500. The Morgan fingerprint density at radius 1 is 0.960 bits per heavy atom. The van der Waals surface area contributed by atoms with Crippen molar-refractivity contribution in [1.82, 2.24) is 20.4 Å². The second kappa shape index (κ2) is 9.66. The molecule has 1 aliphatic rings. The molecule has 25 heavy (non-hydrogen) atoms. The maximum absolute atomic E-state index is 12.3. The molecule has 0 aromatic heterocycles. The minimum atomic E-state index is -0.260. The fourth-order valence-corrected chi connectivity index (χ4v) is 2.67. The second-order valence-electron chi connectivity index (χ2n) is 6.00. The summed E-state index contributed by atoms with van der Waals surface area (Å²) in [6.45, 7) is 4.85. The van der Waals surface area contributed by atoms with Crippen LogP contribution in [0.3, 0.4) is 0 Å². The Kier molecular flexibility index (Phi) is 7.25. The van der Waals surface area contributed by atoms with Crippen LogP contribution in [0, 0.1) is 0 Å². The van der Waals surface area contributed by atoms with Crippen LogP contribution in [-0.2, 0) is 4.79 Å². The van der Waals surface area contributed by atoms with Crippen LogP contribution in [0.2, 0.25) is 0 Å². The molecule has 0 spiro atoms. The average molecular weight is 346 g/mol. The minimum absolute atomic E-state index is 0.0320. The standard InChI is InChI=1S/C18H26N4O3/c1-2-9-19-18(25)22-11-6-10-21(12-13-22)16(23)14-20-17(24)15-7-4-3-5-8-15/h3-5,7-8H,2,6,9-14H2,1H3,(H,19,25)(H,20,24). The summed E-state index contributed by atoms with van der Waals surface area (Å²) in [6.07, 6.45) is 1.63. The van der Waals surface area contributed by atoms with Gasteiger partial charge in [-0.05, 0) is 25.0 Å². The van der Waals surface area contributed by atoms with Crippen LogP contribution in [0.25, 0.3) is 0 Å². The number of nitrogens with zero attached hydrogens (tertiary/aromatic N) is 2. The third kappa shape index (κ3) is 5.77. The molecule has 0 aliphatic carbocycles. The van der Waals surface area contributed by atoms with E-state index in [9.17, 15) is 14.4 Å². The first-order valence-electron chi connectivity index (χ1n) is 8.75. The summed E-state index contributed by atoms with van der Waals surface area (Å²) in [5.41, 5.74) is 0.532. The van der Waals surface area contributed by atoms with Gasteiger partial charge in [-0.2, -0.15) is 0 Å². The van der Waals surface area contributed by atoms with E-state index < -0.39 is 0 Å². The van der Waals surface area contributed by atoms with Gasteiger partial charge in [-0.25, -0.2) is 4.79 Å². The summed E-state index contributed by atoms with van der Waals surface area (Å²) in [7, 11) is 0. The van der Waals surface area contributed by atoms with Crippen molar-refractivity contribution in [3.05, 3.63) is 35.9 Å². The van der Waals surface area contributed by atoms with Gasteiger partial charge in [0.2, 0.25) is 5.91 Å². The van der Waals surface area contributed by atoms with Crippen molar-refractivity contribution in [2.45, 2.75) is 19.8 Å². The number of rotatable bonds is 5. The molecule has 0 unspecified atom stereocenters. The average Bonchev–Trinajstić information content (AvgIpc) is 2.91. The normalized spacial score (nSPS) is 14.6. The second-order valence-corrected chi connectivity index (χ2v) is 6.00. The molecule has 0 atom stereocenters. The van der Waals surface area contributed by atoms with E-state index in [-0.39, 0.29) is 24.4 Å². The van der Waals surface area contributed by atoms with E-state index >= 15 is 0 Å². The van der Waals surface area contributed by atoms with Crippen LogP contribution < -0.4 is 10.6 Å². The Morgan fingerprint density at radius 2 is 1.64 bits per heavy atom. The van der Waals surface area contributed by atoms with Gasteiger partial charge >= 0.3 is 6.03 Å². The van der Waals surface area contributed by atoms with Gasteiger partial charge in [0.25, 0.3) is 5.91 Å². The molecular weight excluding hydrogens is 320 g/mol. The van der Waals surface area contributed by atoms with Crippen molar-refractivity contribution in [3.63, 3.8) is 0 Å². The largest absolute Gasteiger partial charge is 0.343 e. The zero-order valence-corrected chi connectivity index (χ0v) is 14.7. The molecule has 0 saturated carbocycles. The molecule has 4 amide bonds. The van der Waals surface area contributed by atoms with Crippen molar-refractivity contribution in [2.24, 2.45) is 0 Å². The van der Waals surface area contributed by atoms with Crippen LogP contribution in [0.1, 0.15) is 30.1 Å². The van der Waals surface area contributed by atoms with Crippen LogP contribution in [0.15, 0.2) is 30.3 Å². The lowest BCUT2D eigenvalue weighted by molar-refractivity contribution is -0.129. The summed E-state index contributed by atoms with van der Waals surface area (Å²) in [5, 5.41) is 5.51. The van der Waals surface area contributed by atoms with Crippen molar-refractivity contribution in [2.75, 3.05) is 39.3 Å². The first-order valence-corrected chi connectivity index (χ1v) is 8.75. The lowest BCUT2D eigenvalue weighted by Gasteiger charge is -2.22. The van der Waals surface area contributed by atoms with Crippen LogP contribution >= 0.6 is 0 Å².